The van der Waals surface area contributed by atoms with Crippen molar-refractivity contribution in [2.24, 2.45) is 0 Å². The molecule has 0 radical (unpaired) electrons. The van der Waals surface area contributed by atoms with Crippen LogP contribution < -0.4 is 4.90 Å². The van der Waals surface area contributed by atoms with Crippen molar-refractivity contribution in [3.8, 4) is 50.2 Å². The molecule has 0 fully saturated rings. The molecule has 56 heavy (non-hydrogen) atoms. The quantitative estimate of drug-likeness (QED) is 0.152. The fourth-order valence-corrected chi connectivity index (χ4v) is 8.08. The summed E-state index contributed by atoms with van der Waals surface area (Å²) in [5.41, 5.74) is 16.5. The van der Waals surface area contributed by atoms with Crippen molar-refractivity contribution in [1.82, 2.24) is 4.57 Å². The molecule has 10 aromatic rings. The Kier molecular flexibility index (Phi) is 8.55. The standard InChI is InChI=1S/C54H38N2/c1-3-14-39(15-4-1)44-16-13-17-45(38-44)42-32-36-48(37-33-42)55(46-18-5-2-6-19-46)47-34-30-41(31-35-47)40-26-28-43(29-27-40)49-20-7-10-23-52(49)56-53-24-11-8-21-50(53)51-22-9-12-25-54(51)56/h1-38H. The molecule has 0 saturated carbocycles. The predicted octanol–water partition coefficient (Wildman–Crippen LogP) is 14.9. The van der Waals surface area contributed by atoms with E-state index in [1.54, 1.807) is 0 Å². The number of aromatic nitrogens is 1. The number of hydrogen-bond donors (Lipinski definition) is 0. The largest absolute Gasteiger partial charge is 0.311 e. The lowest BCUT2D eigenvalue weighted by Crippen LogP contribution is -2.09. The fourth-order valence-electron chi connectivity index (χ4n) is 8.08. The summed E-state index contributed by atoms with van der Waals surface area (Å²) in [6.07, 6.45) is 0. The number of fused-ring (bicyclic) bond motifs is 3. The molecule has 9 aromatic carbocycles. The Morgan fingerprint density at radius 1 is 0.268 bits per heavy atom. The Balaban J connectivity index is 0.947. The average molecular weight is 715 g/mol. The lowest BCUT2D eigenvalue weighted by Gasteiger charge is -2.26. The molecule has 0 aliphatic rings. The second-order valence-corrected chi connectivity index (χ2v) is 14.2. The lowest BCUT2D eigenvalue weighted by molar-refractivity contribution is 1.18. The first kappa shape index (κ1) is 33.2. The Labute approximate surface area is 327 Å². The van der Waals surface area contributed by atoms with E-state index in [1.807, 2.05) is 0 Å². The molecule has 10 rings (SSSR count). The van der Waals surface area contributed by atoms with Crippen molar-refractivity contribution in [3.05, 3.63) is 231 Å². The SMILES string of the molecule is c1ccc(-c2cccc(-c3ccc(N(c4ccccc4)c4ccc(-c5ccc(-c6ccccc6-n6c7ccccc7c7ccccc76)cc5)cc4)cc3)c2)cc1. The second kappa shape index (κ2) is 14.4. The third-order valence-corrected chi connectivity index (χ3v) is 10.8. The second-order valence-electron chi connectivity index (χ2n) is 14.2. The normalized spacial score (nSPS) is 11.2. The van der Waals surface area contributed by atoms with E-state index in [0.717, 1.165) is 17.1 Å². The molecule has 1 heterocycles. The third-order valence-electron chi connectivity index (χ3n) is 10.8. The van der Waals surface area contributed by atoms with Crippen LogP contribution in [0.25, 0.3) is 72.0 Å². The molecule has 0 N–H and O–H groups in total. The van der Waals surface area contributed by atoms with Gasteiger partial charge in [0.15, 0.2) is 0 Å². The van der Waals surface area contributed by atoms with Gasteiger partial charge in [-0.1, -0.05) is 170 Å². The van der Waals surface area contributed by atoms with Gasteiger partial charge in [-0.05, 0) is 99.6 Å². The van der Waals surface area contributed by atoms with Crippen LogP contribution in [0.2, 0.25) is 0 Å². The molecular weight excluding hydrogens is 677 g/mol. The first-order chi connectivity index (χ1) is 27.8. The van der Waals surface area contributed by atoms with Gasteiger partial charge >= 0.3 is 0 Å². The molecule has 0 saturated heterocycles. The highest BCUT2D eigenvalue weighted by atomic mass is 15.1. The Hall–Kier alpha value is -7.42. The summed E-state index contributed by atoms with van der Waals surface area (Å²) in [7, 11) is 0. The number of rotatable bonds is 8. The van der Waals surface area contributed by atoms with Crippen LogP contribution in [-0.4, -0.2) is 4.57 Å². The minimum atomic E-state index is 1.11. The molecule has 264 valence electrons. The van der Waals surface area contributed by atoms with E-state index in [9.17, 15) is 0 Å². The zero-order valence-corrected chi connectivity index (χ0v) is 30.8. The number of hydrogen-bond acceptors (Lipinski definition) is 1. The van der Waals surface area contributed by atoms with Crippen molar-refractivity contribution in [2.45, 2.75) is 0 Å². The highest BCUT2D eigenvalue weighted by molar-refractivity contribution is 6.09. The number of benzene rings is 9. The lowest BCUT2D eigenvalue weighted by atomic mass is 9.98. The summed E-state index contributed by atoms with van der Waals surface area (Å²) in [5, 5.41) is 2.54. The Bertz CT molecular complexity index is 2870. The smallest absolute Gasteiger partial charge is 0.0541 e. The van der Waals surface area contributed by atoms with Crippen LogP contribution in [0.5, 0.6) is 0 Å². The molecule has 2 nitrogen and oxygen atoms in total. The number of nitrogens with zero attached hydrogens (tertiary/aromatic N) is 2. The van der Waals surface area contributed by atoms with Gasteiger partial charge < -0.3 is 9.47 Å². The van der Waals surface area contributed by atoms with E-state index in [-0.39, 0.29) is 0 Å². The van der Waals surface area contributed by atoms with E-state index in [2.05, 4.69) is 240 Å². The minimum Gasteiger partial charge on any atom is -0.311 e. The third kappa shape index (κ3) is 6.14. The van der Waals surface area contributed by atoms with Gasteiger partial charge in [0.2, 0.25) is 0 Å². The molecule has 0 unspecified atom stereocenters. The summed E-state index contributed by atoms with van der Waals surface area (Å²) in [4.78, 5) is 2.32. The van der Waals surface area contributed by atoms with Crippen LogP contribution in [0.3, 0.4) is 0 Å². The molecule has 0 spiro atoms. The zero-order chi connectivity index (χ0) is 37.3. The highest BCUT2D eigenvalue weighted by Crippen LogP contribution is 2.39. The monoisotopic (exact) mass is 714 g/mol. The highest BCUT2D eigenvalue weighted by Gasteiger charge is 2.16. The van der Waals surface area contributed by atoms with Crippen LogP contribution in [-0.2, 0) is 0 Å². The predicted molar refractivity (Wildman–Crippen MR) is 237 cm³/mol. The van der Waals surface area contributed by atoms with Gasteiger partial charge in [-0.15, -0.1) is 0 Å². The van der Waals surface area contributed by atoms with Crippen LogP contribution in [0.4, 0.5) is 17.1 Å². The van der Waals surface area contributed by atoms with Crippen molar-refractivity contribution < 1.29 is 0 Å². The van der Waals surface area contributed by atoms with Crippen molar-refractivity contribution >= 4 is 38.9 Å². The molecular formula is C54H38N2. The number of para-hydroxylation sites is 4. The summed E-state index contributed by atoms with van der Waals surface area (Å²) in [6.45, 7) is 0. The maximum Gasteiger partial charge on any atom is 0.0541 e. The van der Waals surface area contributed by atoms with Gasteiger partial charge in [0.05, 0.1) is 16.7 Å². The average Bonchev–Trinajstić information content (AvgIpc) is 3.62. The van der Waals surface area contributed by atoms with E-state index in [4.69, 9.17) is 0 Å². The maximum atomic E-state index is 2.40. The molecule has 0 aliphatic carbocycles. The Morgan fingerprint density at radius 3 is 1.25 bits per heavy atom. The van der Waals surface area contributed by atoms with E-state index >= 15 is 0 Å². The van der Waals surface area contributed by atoms with Crippen molar-refractivity contribution in [3.63, 3.8) is 0 Å². The van der Waals surface area contributed by atoms with Gasteiger partial charge in [-0.25, -0.2) is 0 Å². The van der Waals surface area contributed by atoms with Crippen LogP contribution in [0.15, 0.2) is 231 Å². The summed E-state index contributed by atoms with van der Waals surface area (Å²) >= 11 is 0. The van der Waals surface area contributed by atoms with E-state index in [0.29, 0.717) is 0 Å². The van der Waals surface area contributed by atoms with Gasteiger partial charge in [-0.3, -0.25) is 0 Å². The van der Waals surface area contributed by atoms with Crippen molar-refractivity contribution in [1.29, 1.82) is 0 Å². The summed E-state index contributed by atoms with van der Waals surface area (Å²) < 4.78 is 2.40. The van der Waals surface area contributed by atoms with Gasteiger partial charge in [-0.2, -0.15) is 0 Å². The maximum absolute atomic E-state index is 2.40. The fraction of sp³-hybridized carbons (Fsp3) is 0. The first-order valence-corrected chi connectivity index (χ1v) is 19.2. The van der Waals surface area contributed by atoms with Crippen LogP contribution in [0.1, 0.15) is 0 Å². The topological polar surface area (TPSA) is 8.17 Å². The molecule has 2 heteroatoms. The summed E-state index contributed by atoms with van der Waals surface area (Å²) in [5.74, 6) is 0. The molecule has 0 aliphatic heterocycles. The van der Waals surface area contributed by atoms with Crippen molar-refractivity contribution in [2.75, 3.05) is 4.90 Å². The summed E-state index contributed by atoms with van der Waals surface area (Å²) in [6, 6.07) is 82.9. The number of anilines is 3. The minimum absolute atomic E-state index is 1.11. The van der Waals surface area contributed by atoms with Crippen LogP contribution >= 0.6 is 0 Å². The van der Waals surface area contributed by atoms with Crippen LogP contribution in [0, 0.1) is 0 Å². The first-order valence-electron chi connectivity index (χ1n) is 19.2. The van der Waals surface area contributed by atoms with Gasteiger partial charge in [0.25, 0.3) is 0 Å². The van der Waals surface area contributed by atoms with E-state index < -0.39 is 0 Å². The molecule has 0 bridgehead atoms. The molecule has 0 amide bonds. The zero-order valence-electron chi connectivity index (χ0n) is 30.8. The molecule has 1 aromatic heterocycles. The van der Waals surface area contributed by atoms with Gasteiger partial charge in [0.1, 0.15) is 0 Å². The van der Waals surface area contributed by atoms with E-state index in [1.165, 1.54) is 72.0 Å². The molecule has 0 atom stereocenters. The Morgan fingerprint density at radius 2 is 0.661 bits per heavy atom. The van der Waals surface area contributed by atoms with Gasteiger partial charge in [0, 0.05) is 33.4 Å².